The smallest absolute Gasteiger partial charge is 0.258 e. The second kappa shape index (κ2) is 17.9. The predicted octanol–water partition coefficient (Wildman–Crippen LogP) is 6.60. The number of likely N-dealkylation sites (N-methyl/N-ethyl adjacent to an activating group) is 2. The summed E-state index contributed by atoms with van der Waals surface area (Å²) in [6, 6.07) is 18.9. The maximum atomic E-state index is 13.2. The number of aromatic hydroxyl groups is 4. The normalized spacial score (nSPS) is 17.7. The third-order valence-corrected chi connectivity index (χ3v) is 12.9. The number of fused-ring (bicyclic) bond motifs is 2. The lowest BCUT2D eigenvalue weighted by atomic mass is 9.85. The van der Waals surface area contributed by atoms with Crippen molar-refractivity contribution in [3.05, 3.63) is 116 Å². The van der Waals surface area contributed by atoms with Gasteiger partial charge in [-0.25, -0.2) is 0 Å². The number of carbonyl (C=O) groups excluding carboxylic acids is 2. The molecule has 4 aromatic rings. The van der Waals surface area contributed by atoms with E-state index in [9.17, 15) is 30.0 Å². The van der Waals surface area contributed by atoms with Gasteiger partial charge in [0, 0.05) is 115 Å². The van der Waals surface area contributed by atoms with E-state index in [-0.39, 0.29) is 56.8 Å². The molecular formula is C50H66N6O6. The van der Waals surface area contributed by atoms with Crippen molar-refractivity contribution in [1.29, 1.82) is 0 Å². The molecule has 4 N–H and O–H groups in total. The van der Waals surface area contributed by atoms with Gasteiger partial charge in [-0.2, -0.15) is 0 Å². The number of amides is 2. The van der Waals surface area contributed by atoms with Crippen molar-refractivity contribution in [2.75, 3.05) is 66.5 Å². The second-order valence-corrected chi connectivity index (χ2v) is 20.0. The maximum Gasteiger partial charge on any atom is 0.258 e. The van der Waals surface area contributed by atoms with Crippen LogP contribution in [0.2, 0.25) is 0 Å². The SMILES string of the molecule is CN1CCN(Cc2ccc3c(c2)CN(C(=O)c2cc(C(C)(C)C)c(O)cc2O)C3)CC1.CN1CCN(Cc2ccc3c(c2)CN(C(=O)c2cc(C(C)(C)C)c(O)cc2O)C3)CC1. The maximum absolute atomic E-state index is 13.2. The first-order chi connectivity index (χ1) is 29.2. The Hall–Kier alpha value is -5.14. The van der Waals surface area contributed by atoms with Gasteiger partial charge < -0.3 is 40.0 Å². The summed E-state index contributed by atoms with van der Waals surface area (Å²) in [5, 5.41) is 41.2. The first kappa shape index (κ1) is 44.9. The summed E-state index contributed by atoms with van der Waals surface area (Å²) in [5.41, 5.74) is 8.34. The average Bonchev–Trinajstić information content (AvgIpc) is 3.83. The number of hydrogen-bond donors (Lipinski definition) is 4. The number of nitrogens with zero attached hydrogens (tertiary/aromatic N) is 6. The van der Waals surface area contributed by atoms with E-state index in [1.807, 2.05) is 41.5 Å². The minimum Gasteiger partial charge on any atom is -0.508 e. The zero-order chi connectivity index (χ0) is 44.7. The third-order valence-electron chi connectivity index (χ3n) is 12.9. The summed E-state index contributed by atoms with van der Waals surface area (Å²) in [7, 11) is 4.32. The van der Waals surface area contributed by atoms with Gasteiger partial charge in [-0.15, -0.1) is 0 Å². The highest BCUT2D eigenvalue weighted by Crippen LogP contribution is 2.39. The quantitative estimate of drug-likeness (QED) is 0.168. The van der Waals surface area contributed by atoms with E-state index in [1.54, 1.807) is 21.9 Å². The molecule has 0 saturated carbocycles. The van der Waals surface area contributed by atoms with Gasteiger partial charge in [0.15, 0.2) is 0 Å². The molecule has 332 valence electrons. The van der Waals surface area contributed by atoms with Gasteiger partial charge >= 0.3 is 0 Å². The highest BCUT2D eigenvalue weighted by Gasteiger charge is 2.31. The summed E-state index contributed by atoms with van der Waals surface area (Å²) in [6.45, 7) is 24.6. The van der Waals surface area contributed by atoms with Crippen LogP contribution in [0.15, 0.2) is 60.7 Å². The highest BCUT2D eigenvalue weighted by atomic mass is 16.3. The Balaban J connectivity index is 0.000000186. The minimum absolute atomic E-state index is 0.0137. The molecule has 12 heteroatoms. The topological polar surface area (TPSA) is 134 Å². The van der Waals surface area contributed by atoms with Gasteiger partial charge in [-0.3, -0.25) is 19.4 Å². The molecule has 0 spiro atoms. The van der Waals surface area contributed by atoms with Crippen LogP contribution in [0.25, 0.3) is 0 Å². The lowest BCUT2D eigenvalue weighted by Crippen LogP contribution is -2.43. The minimum atomic E-state index is -0.334. The Morgan fingerprint density at radius 1 is 0.468 bits per heavy atom. The number of hydrogen-bond acceptors (Lipinski definition) is 10. The molecule has 4 heterocycles. The predicted molar refractivity (Wildman–Crippen MR) is 243 cm³/mol. The van der Waals surface area contributed by atoms with E-state index in [1.165, 1.54) is 34.4 Å². The largest absolute Gasteiger partial charge is 0.508 e. The number of piperazine rings is 2. The molecule has 0 aromatic heterocycles. The van der Waals surface area contributed by atoms with Crippen molar-refractivity contribution in [1.82, 2.24) is 29.4 Å². The lowest BCUT2D eigenvalue weighted by Gasteiger charge is -2.32. The Labute approximate surface area is 367 Å². The Morgan fingerprint density at radius 2 is 0.806 bits per heavy atom. The van der Waals surface area contributed by atoms with Crippen LogP contribution in [0.3, 0.4) is 0 Å². The van der Waals surface area contributed by atoms with Crippen LogP contribution < -0.4 is 0 Å². The zero-order valence-electron chi connectivity index (χ0n) is 38.0. The molecule has 12 nitrogen and oxygen atoms in total. The van der Waals surface area contributed by atoms with Crippen molar-refractivity contribution in [2.24, 2.45) is 0 Å². The number of rotatable bonds is 6. The third kappa shape index (κ3) is 10.2. The van der Waals surface area contributed by atoms with Crippen LogP contribution in [0.1, 0.15) is 107 Å². The molecule has 62 heavy (non-hydrogen) atoms. The number of carbonyl (C=O) groups is 2. The van der Waals surface area contributed by atoms with Crippen LogP contribution in [-0.4, -0.2) is 128 Å². The van der Waals surface area contributed by atoms with Gasteiger partial charge in [0.05, 0.1) is 11.1 Å². The van der Waals surface area contributed by atoms with E-state index >= 15 is 0 Å². The molecule has 0 atom stereocenters. The fraction of sp³-hybridized carbons (Fsp3) is 0.480. The Kier molecular flexibility index (Phi) is 13.0. The van der Waals surface area contributed by atoms with Crippen molar-refractivity contribution >= 4 is 11.8 Å². The van der Waals surface area contributed by atoms with Gasteiger partial charge in [-0.1, -0.05) is 77.9 Å². The summed E-state index contributed by atoms with van der Waals surface area (Å²) >= 11 is 0. The summed E-state index contributed by atoms with van der Waals surface area (Å²) in [5.74, 6) is -0.747. The van der Waals surface area contributed by atoms with Crippen LogP contribution in [0.4, 0.5) is 0 Å². The average molecular weight is 847 g/mol. The lowest BCUT2D eigenvalue weighted by molar-refractivity contribution is 0.0740. The number of phenolic OH excluding ortho intramolecular Hbond substituents is 4. The van der Waals surface area contributed by atoms with Crippen LogP contribution in [0, 0.1) is 0 Å². The van der Waals surface area contributed by atoms with Gasteiger partial charge in [-0.05, 0) is 70.4 Å². The van der Waals surface area contributed by atoms with Crippen LogP contribution >= 0.6 is 0 Å². The summed E-state index contributed by atoms with van der Waals surface area (Å²) < 4.78 is 0. The van der Waals surface area contributed by atoms with E-state index in [2.05, 4.69) is 70.1 Å². The monoisotopic (exact) mass is 847 g/mol. The van der Waals surface area contributed by atoms with Crippen LogP contribution in [0.5, 0.6) is 23.0 Å². The van der Waals surface area contributed by atoms with Crippen molar-refractivity contribution in [3.63, 3.8) is 0 Å². The standard InChI is InChI=1S/2C25H33N3O3/c2*1-25(2,3)21-12-20(22(29)13-23(21)30)24(31)28-15-18-6-5-17(11-19(18)16-28)14-27-9-7-26(4)8-10-27/h2*5-6,11-13,29-30H,7-10,14-16H2,1-4H3. The molecule has 4 aromatic carbocycles. The molecule has 4 aliphatic rings. The van der Waals surface area contributed by atoms with Crippen molar-refractivity contribution in [2.45, 2.75) is 91.6 Å². The van der Waals surface area contributed by atoms with E-state index in [4.69, 9.17) is 0 Å². The van der Waals surface area contributed by atoms with Crippen molar-refractivity contribution < 1.29 is 30.0 Å². The highest BCUT2D eigenvalue weighted by molar-refractivity contribution is 5.98. The molecule has 0 radical (unpaired) electrons. The molecular weight excluding hydrogens is 781 g/mol. The van der Waals surface area contributed by atoms with Gasteiger partial charge in [0.1, 0.15) is 23.0 Å². The summed E-state index contributed by atoms with van der Waals surface area (Å²) in [4.78, 5) is 39.7. The van der Waals surface area contributed by atoms with Crippen LogP contribution in [-0.2, 0) is 50.1 Å². The molecule has 0 unspecified atom stereocenters. The Morgan fingerprint density at radius 3 is 1.15 bits per heavy atom. The van der Waals surface area contributed by atoms with Gasteiger partial charge in [0.2, 0.25) is 0 Å². The van der Waals surface area contributed by atoms with E-state index in [0.29, 0.717) is 37.3 Å². The molecule has 2 fully saturated rings. The number of phenols is 4. The molecule has 8 rings (SSSR count). The Bertz CT molecular complexity index is 2140. The molecule has 2 amide bonds. The molecule has 4 aliphatic heterocycles. The first-order valence-electron chi connectivity index (χ1n) is 22.0. The van der Waals surface area contributed by atoms with Gasteiger partial charge in [0.25, 0.3) is 11.8 Å². The fourth-order valence-electron chi connectivity index (χ4n) is 8.95. The number of benzene rings is 4. The molecule has 0 aliphatic carbocycles. The molecule has 2 saturated heterocycles. The van der Waals surface area contributed by atoms with E-state index in [0.717, 1.165) is 76.6 Å². The second-order valence-electron chi connectivity index (χ2n) is 20.0. The summed E-state index contributed by atoms with van der Waals surface area (Å²) in [6.07, 6.45) is 0. The van der Waals surface area contributed by atoms with Crippen molar-refractivity contribution in [3.8, 4) is 23.0 Å². The van der Waals surface area contributed by atoms with E-state index < -0.39 is 0 Å². The molecule has 0 bridgehead atoms. The zero-order valence-corrected chi connectivity index (χ0v) is 38.0. The first-order valence-corrected chi connectivity index (χ1v) is 22.0. The fourth-order valence-corrected chi connectivity index (χ4v) is 8.95.